The number of hydrogen-bond acceptors (Lipinski definition) is 3. The Morgan fingerprint density at radius 2 is 1.54 bits per heavy atom. The Morgan fingerprint density at radius 1 is 0.833 bits per heavy atom. The summed E-state index contributed by atoms with van der Waals surface area (Å²) in [5.41, 5.74) is 3.65. The summed E-state index contributed by atoms with van der Waals surface area (Å²) in [6.45, 7) is 0. The molecule has 1 aliphatic rings. The molecule has 3 aromatic rings. The van der Waals surface area contributed by atoms with Crippen LogP contribution in [0.3, 0.4) is 0 Å². The van der Waals surface area contributed by atoms with E-state index in [0.29, 0.717) is 15.9 Å². The van der Waals surface area contributed by atoms with E-state index in [1.807, 2.05) is 54.6 Å². The zero-order chi connectivity index (χ0) is 16.5. The van der Waals surface area contributed by atoms with Crippen molar-refractivity contribution in [2.24, 2.45) is 4.99 Å². The van der Waals surface area contributed by atoms with Crippen LogP contribution in [0.1, 0.15) is 22.8 Å². The summed E-state index contributed by atoms with van der Waals surface area (Å²) in [5.74, 6) is 0.562. The van der Waals surface area contributed by atoms with Gasteiger partial charge in [-0.1, -0.05) is 35.3 Å². The highest BCUT2D eigenvalue weighted by Crippen LogP contribution is 2.39. The normalized spacial score (nSPS) is 16.1. The van der Waals surface area contributed by atoms with E-state index in [9.17, 15) is 0 Å². The summed E-state index contributed by atoms with van der Waals surface area (Å²) >= 11 is 12.2. The monoisotopic (exact) mass is 354 g/mol. The summed E-state index contributed by atoms with van der Waals surface area (Å²) in [5, 5.41) is 1.34. The van der Waals surface area contributed by atoms with Gasteiger partial charge in [-0.05, 0) is 48.0 Å². The predicted molar refractivity (Wildman–Crippen MR) is 96.3 cm³/mol. The second-order valence-electron chi connectivity index (χ2n) is 5.41. The average Bonchev–Trinajstić information content (AvgIpc) is 2.62. The van der Waals surface area contributed by atoms with Gasteiger partial charge in [-0.15, -0.1) is 0 Å². The molecule has 1 unspecified atom stereocenters. The van der Waals surface area contributed by atoms with Crippen LogP contribution in [-0.2, 0) is 4.74 Å². The van der Waals surface area contributed by atoms with Crippen LogP contribution < -0.4 is 0 Å². The minimum atomic E-state index is -0.295. The number of pyridine rings is 1. The number of hydrogen-bond donors (Lipinski definition) is 0. The standard InChI is InChI=1S/C19H12Cl2N2O/c20-14-3-1-12(2-4-14)18-16-11-15(21)5-6-17(16)23-19(24-18)13-7-9-22-10-8-13/h1-11,18H. The number of aromatic nitrogens is 1. The van der Waals surface area contributed by atoms with Crippen molar-refractivity contribution in [3.63, 3.8) is 0 Å². The number of aliphatic imine (C=N–C) groups is 1. The average molecular weight is 355 g/mol. The molecule has 3 nitrogen and oxygen atoms in total. The van der Waals surface area contributed by atoms with Crippen LogP contribution in [0.25, 0.3) is 0 Å². The zero-order valence-electron chi connectivity index (χ0n) is 12.5. The number of fused-ring (bicyclic) bond motifs is 1. The Hall–Kier alpha value is -2.36. The maximum absolute atomic E-state index is 6.20. The van der Waals surface area contributed by atoms with E-state index in [1.54, 1.807) is 12.4 Å². The van der Waals surface area contributed by atoms with Crippen molar-refractivity contribution < 1.29 is 4.74 Å². The van der Waals surface area contributed by atoms with Crippen LogP contribution in [0.5, 0.6) is 0 Å². The summed E-state index contributed by atoms with van der Waals surface area (Å²) < 4.78 is 6.20. The second-order valence-corrected chi connectivity index (χ2v) is 6.28. The molecule has 2 heterocycles. The maximum Gasteiger partial charge on any atom is 0.222 e. The molecule has 0 N–H and O–H groups in total. The van der Waals surface area contributed by atoms with Crippen molar-refractivity contribution in [2.75, 3.05) is 0 Å². The first kappa shape index (κ1) is 15.2. The summed E-state index contributed by atoms with van der Waals surface area (Å²) in [6.07, 6.45) is 3.14. The topological polar surface area (TPSA) is 34.5 Å². The molecule has 4 rings (SSSR count). The van der Waals surface area contributed by atoms with Gasteiger partial charge in [0.2, 0.25) is 5.90 Å². The Morgan fingerprint density at radius 3 is 2.29 bits per heavy atom. The van der Waals surface area contributed by atoms with E-state index in [4.69, 9.17) is 27.9 Å². The Bertz CT molecular complexity index is 908. The number of benzene rings is 2. The first-order valence-electron chi connectivity index (χ1n) is 7.41. The molecule has 0 saturated heterocycles. The molecule has 0 bridgehead atoms. The number of rotatable bonds is 2. The van der Waals surface area contributed by atoms with Gasteiger partial charge in [0.1, 0.15) is 0 Å². The Labute approximate surface area is 149 Å². The van der Waals surface area contributed by atoms with Crippen molar-refractivity contribution in [1.82, 2.24) is 4.98 Å². The molecule has 118 valence electrons. The van der Waals surface area contributed by atoms with Crippen molar-refractivity contribution in [1.29, 1.82) is 0 Å². The minimum absolute atomic E-state index is 0.295. The quantitative estimate of drug-likeness (QED) is 0.601. The van der Waals surface area contributed by atoms with Gasteiger partial charge in [0, 0.05) is 33.6 Å². The largest absolute Gasteiger partial charge is 0.464 e. The van der Waals surface area contributed by atoms with E-state index in [1.165, 1.54) is 0 Å². The molecule has 0 aliphatic carbocycles. The molecule has 0 saturated carbocycles. The van der Waals surface area contributed by atoms with Gasteiger partial charge in [-0.3, -0.25) is 4.98 Å². The molecule has 0 fully saturated rings. The minimum Gasteiger partial charge on any atom is -0.464 e. The van der Waals surface area contributed by atoms with E-state index >= 15 is 0 Å². The third kappa shape index (κ3) is 2.88. The fourth-order valence-corrected chi connectivity index (χ4v) is 2.97. The lowest BCUT2D eigenvalue weighted by Crippen LogP contribution is -2.18. The molecule has 24 heavy (non-hydrogen) atoms. The molecule has 1 aromatic heterocycles. The van der Waals surface area contributed by atoms with Gasteiger partial charge in [0.25, 0.3) is 0 Å². The third-order valence-corrected chi connectivity index (χ3v) is 4.31. The fourth-order valence-electron chi connectivity index (χ4n) is 2.66. The lowest BCUT2D eigenvalue weighted by atomic mass is 9.98. The lowest BCUT2D eigenvalue weighted by Gasteiger charge is -2.26. The zero-order valence-corrected chi connectivity index (χ0v) is 14.0. The molecule has 2 aromatic carbocycles. The van der Waals surface area contributed by atoms with Gasteiger partial charge >= 0.3 is 0 Å². The predicted octanol–water partition coefficient (Wildman–Crippen LogP) is 5.59. The van der Waals surface area contributed by atoms with E-state index in [-0.39, 0.29) is 6.10 Å². The van der Waals surface area contributed by atoms with Crippen molar-refractivity contribution in [3.05, 3.63) is 93.7 Å². The molecule has 1 atom stereocenters. The van der Waals surface area contributed by atoms with Crippen molar-refractivity contribution >= 4 is 34.8 Å². The molecular weight excluding hydrogens is 343 g/mol. The van der Waals surface area contributed by atoms with Gasteiger partial charge < -0.3 is 4.74 Å². The van der Waals surface area contributed by atoms with Gasteiger partial charge in [-0.2, -0.15) is 0 Å². The van der Waals surface area contributed by atoms with Crippen LogP contribution in [-0.4, -0.2) is 10.9 Å². The number of halogens is 2. The third-order valence-electron chi connectivity index (χ3n) is 3.82. The van der Waals surface area contributed by atoms with E-state index in [0.717, 1.165) is 22.4 Å². The van der Waals surface area contributed by atoms with Gasteiger partial charge in [0.05, 0.1) is 5.69 Å². The Kier molecular flexibility index (Phi) is 3.97. The number of ether oxygens (including phenoxy) is 1. The summed E-state index contributed by atoms with van der Waals surface area (Å²) in [7, 11) is 0. The first-order valence-corrected chi connectivity index (χ1v) is 8.17. The molecular formula is C19H12Cl2N2O. The van der Waals surface area contributed by atoms with Crippen LogP contribution in [0.4, 0.5) is 5.69 Å². The molecule has 0 spiro atoms. The first-order chi connectivity index (χ1) is 11.7. The van der Waals surface area contributed by atoms with Crippen molar-refractivity contribution in [2.45, 2.75) is 6.10 Å². The lowest BCUT2D eigenvalue weighted by molar-refractivity contribution is 0.229. The highest BCUT2D eigenvalue weighted by atomic mass is 35.5. The summed E-state index contributed by atoms with van der Waals surface area (Å²) in [6, 6.07) is 17.0. The molecule has 5 heteroatoms. The van der Waals surface area contributed by atoms with Gasteiger partial charge in [-0.25, -0.2) is 4.99 Å². The highest BCUT2D eigenvalue weighted by molar-refractivity contribution is 6.31. The van der Waals surface area contributed by atoms with E-state index < -0.39 is 0 Å². The molecule has 0 radical (unpaired) electrons. The maximum atomic E-state index is 6.20. The molecule has 1 aliphatic heterocycles. The Balaban J connectivity index is 1.84. The van der Waals surface area contributed by atoms with E-state index in [2.05, 4.69) is 9.98 Å². The van der Waals surface area contributed by atoms with Crippen LogP contribution in [0.2, 0.25) is 10.0 Å². The second kappa shape index (κ2) is 6.27. The molecule has 0 amide bonds. The fraction of sp³-hybridized carbons (Fsp3) is 0.0526. The van der Waals surface area contributed by atoms with Crippen LogP contribution in [0.15, 0.2) is 72.0 Å². The smallest absolute Gasteiger partial charge is 0.222 e. The van der Waals surface area contributed by atoms with Gasteiger partial charge in [0.15, 0.2) is 6.10 Å². The highest BCUT2D eigenvalue weighted by Gasteiger charge is 2.26. The van der Waals surface area contributed by atoms with Crippen LogP contribution in [0, 0.1) is 0 Å². The number of nitrogens with zero attached hydrogens (tertiary/aromatic N) is 2. The SMILES string of the molecule is Clc1ccc(C2OC(c3ccncc3)=Nc3ccc(Cl)cc32)cc1. The summed E-state index contributed by atoms with van der Waals surface area (Å²) in [4.78, 5) is 8.67. The van der Waals surface area contributed by atoms with Crippen molar-refractivity contribution in [3.8, 4) is 0 Å². The van der Waals surface area contributed by atoms with Crippen LogP contribution >= 0.6 is 23.2 Å².